The van der Waals surface area contributed by atoms with Crippen LogP contribution in [0.5, 0.6) is 0 Å². The standard InChI is InChI=1S/C61H40N2/c1-3-17-41(18-4-1)43-33-35-45(36-34-43)47-21-8-12-29-55(47)62(46-39-37-44(38-40-46)42-19-5-2-6-20-42)58-32-16-27-53-59(58)50-23-7-10-25-51(50)61(53)52-26-11-14-31-57(52)63-56-30-13-9-22-48(56)49-24-15-28-54(61)60(49)63/h1-40H. The van der Waals surface area contributed by atoms with Crippen molar-refractivity contribution < 1.29 is 0 Å². The van der Waals surface area contributed by atoms with E-state index in [0.717, 1.165) is 17.1 Å². The summed E-state index contributed by atoms with van der Waals surface area (Å²) in [4.78, 5) is 2.51. The van der Waals surface area contributed by atoms with Crippen LogP contribution in [0.2, 0.25) is 0 Å². The second-order valence-electron chi connectivity index (χ2n) is 16.8. The van der Waals surface area contributed by atoms with E-state index in [2.05, 4.69) is 252 Å². The molecule has 1 spiro atoms. The van der Waals surface area contributed by atoms with Crippen molar-refractivity contribution in [2.24, 2.45) is 0 Å². The van der Waals surface area contributed by atoms with Crippen molar-refractivity contribution in [3.05, 3.63) is 265 Å². The van der Waals surface area contributed by atoms with Gasteiger partial charge in [-0.2, -0.15) is 0 Å². The lowest BCUT2D eigenvalue weighted by Crippen LogP contribution is -2.33. The largest absolute Gasteiger partial charge is 0.309 e. The van der Waals surface area contributed by atoms with Crippen LogP contribution in [0.1, 0.15) is 22.3 Å². The summed E-state index contributed by atoms with van der Waals surface area (Å²) in [6.07, 6.45) is 0. The molecule has 0 saturated carbocycles. The van der Waals surface area contributed by atoms with Gasteiger partial charge in [-0.05, 0) is 92.0 Å². The zero-order valence-electron chi connectivity index (χ0n) is 34.5. The van der Waals surface area contributed by atoms with Gasteiger partial charge >= 0.3 is 0 Å². The summed E-state index contributed by atoms with van der Waals surface area (Å²) in [5, 5.41) is 2.56. The van der Waals surface area contributed by atoms with Gasteiger partial charge in [0.1, 0.15) is 0 Å². The van der Waals surface area contributed by atoms with Gasteiger partial charge < -0.3 is 9.47 Å². The van der Waals surface area contributed by atoms with Crippen LogP contribution in [0.4, 0.5) is 17.1 Å². The van der Waals surface area contributed by atoms with E-state index in [1.54, 1.807) is 0 Å². The van der Waals surface area contributed by atoms with Crippen molar-refractivity contribution in [2.75, 3.05) is 4.90 Å². The highest BCUT2D eigenvalue weighted by Gasteiger charge is 2.51. The van der Waals surface area contributed by atoms with E-state index >= 15 is 0 Å². The average Bonchev–Trinajstić information content (AvgIpc) is 3.86. The molecule has 11 aromatic rings. The fourth-order valence-electron chi connectivity index (χ4n) is 11.0. The third-order valence-electron chi connectivity index (χ3n) is 13.6. The molecule has 1 aliphatic heterocycles. The second kappa shape index (κ2) is 13.9. The Morgan fingerprint density at radius 1 is 0.317 bits per heavy atom. The minimum atomic E-state index is -0.557. The minimum absolute atomic E-state index is 0.557. The summed E-state index contributed by atoms with van der Waals surface area (Å²) in [6.45, 7) is 0. The van der Waals surface area contributed by atoms with Gasteiger partial charge in [0.15, 0.2) is 0 Å². The Labute approximate surface area is 367 Å². The van der Waals surface area contributed by atoms with Crippen LogP contribution >= 0.6 is 0 Å². The van der Waals surface area contributed by atoms with Crippen LogP contribution in [-0.2, 0) is 5.41 Å². The molecule has 294 valence electrons. The first-order valence-corrected chi connectivity index (χ1v) is 21.9. The van der Waals surface area contributed by atoms with Crippen LogP contribution in [0.15, 0.2) is 243 Å². The van der Waals surface area contributed by atoms with Crippen LogP contribution in [0, 0.1) is 0 Å². The molecule has 13 rings (SSSR count). The number of hydrogen-bond donors (Lipinski definition) is 0. The van der Waals surface area contributed by atoms with E-state index in [0.29, 0.717) is 0 Å². The number of rotatable bonds is 6. The van der Waals surface area contributed by atoms with Crippen molar-refractivity contribution in [2.45, 2.75) is 5.41 Å². The van der Waals surface area contributed by atoms with Gasteiger partial charge in [0, 0.05) is 27.6 Å². The molecule has 2 nitrogen and oxygen atoms in total. The number of benzene rings is 10. The molecule has 2 aliphatic rings. The number of aromatic nitrogens is 1. The molecule has 0 amide bonds. The van der Waals surface area contributed by atoms with Crippen LogP contribution in [0.3, 0.4) is 0 Å². The molecule has 63 heavy (non-hydrogen) atoms. The quantitative estimate of drug-likeness (QED) is 0.163. The van der Waals surface area contributed by atoms with E-state index in [1.807, 2.05) is 0 Å². The number of hydrogen-bond acceptors (Lipinski definition) is 1. The molecule has 0 bridgehead atoms. The molecule has 0 N–H and O–H groups in total. The summed E-state index contributed by atoms with van der Waals surface area (Å²) >= 11 is 0. The van der Waals surface area contributed by atoms with E-state index in [1.165, 1.54) is 94.3 Å². The summed E-state index contributed by atoms with van der Waals surface area (Å²) < 4.78 is 2.52. The van der Waals surface area contributed by atoms with E-state index in [9.17, 15) is 0 Å². The van der Waals surface area contributed by atoms with Crippen molar-refractivity contribution in [3.63, 3.8) is 0 Å². The van der Waals surface area contributed by atoms with Crippen LogP contribution < -0.4 is 4.90 Å². The summed E-state index contributed by atoms with van der Waals surface area (Å²) in [5.74, 6) is 0. The van der Waals surface area contributed by atoms with Gasteiger partial charge in [-0.15, -0.1) is 0 Å². The lowest BCUT2D eigenvalue weighted by atomic mass is 9.65. The Morgan fingerprint density at radius 2 is 0.825 bits per heavy atom. The van der Waals surface area contributed by atoms with E-state index < -0.39 is 5.41 Å². The van der Waals surface area contributed by atoms with Gasteiger partial charge in [0.05, 0.1) is 33.5 Å². The smallest absolute Gasteiger partial charge is 0.0755 e. The van der Waals surface area contributed by atoms with Gasteiger partial charge in [0.2, 0.25) is 0 Å². The van der Waals surface area contributed by atoms with Gasteiger partial charge in [-0.25, -0.2) is 0 Å². The molecule has 0 saturated heterocycles. The maximum absolute atomic E-state index is 2.52. The van der Waals surface area contributed by atoms with E-state index in [4.69, 9.17) is 0 Å². The fraction of sp³-hybridized carbons (Fsp3) is 0.0164. The van der Waals surface area contributed by atoms with Crippen molar-refractivity contribution >= 4 is 38.9 Å². The zero-order chi connectivity index (χ0) is 41.5. The van der Waals surface area contributed by atoms with Gasteiger partial charge in [0.25, 0.3) is 0 Å². The third kappa shape index (κ3) is 5.13. The van der Waals surface area contributed by atoms with Gasteiger partial charge in [-0.1, -0.05) is 206 Å². The first-order valence-electron chi connectivity index (χ1n) is 21.9. The molecule has 2 heteroatoms. The van der Waals surface area contributed by atoms with Crippen LogP contribution in [0.25, 0.3) is 72.0 Å². The fourth-order valence-corrected chi connectivity index (χ4v) is 11.0. The molecule has 1 atom stereocenters. The Balaban J connectivity index is 1.09. The van der Waals surface area contributed by atoms with Crippen molar-refractivity contribution in [1.29, 1.82) is 0 Å². The predicted octanol–water partition coefficient (Wildman–Crippen LogP) is 15.9. The molecule has 0 fully saturated rings. The molecule has 2 heterocycles. The summed E-state index contributed by atoms with van der Waals surface area (Å²) in [5.41, 5.74) is 21.4. The Bertz CT molecular complexity index is 3550. The Hall–Kier alpha value is -8.20. The first-order chi connectivity index (χ1) is 31.3. The minimum Gasteiger partial charge on any atom is -0.309 e. The Kier molecular flexibility index (Phi) is 7.85. The molecule has 10 aromatic carbocycles. The average molecular weight is 801 g/mol. The lowest BCUT2D eigenvalue weighted by molar-refractivity contribution is 0.748. The SMILES string of the molecule is c1ccc(-c2ccc(-c3ccccc3N(c3ccc(-c4ccccc4)cc3)c3cccc4c3-c3ccccc3C43c4ccccc4-n4c5ccccc5c5cccc3c54)cc2)cc1. The normalized spacial score (nSPS) is 14.4. The molecule has 0 radical (unpaired) electrons. The number of fused-ring (bicyclic) bond motifs is 12. The molecular formula is C61H40N2. The predicted molar refractivity (Wildman–Crippen MR) is 263 cm³/mol. The van der Waals surface area contributed by atoms with Crippen molar-refractivity contribution in [1.82, 2.24) is 4.57 Å². The van der Waals surface area contributed by atoms with Crippen LogP contribution in [-0.4, -0.2) is 4.57 Å². The molecule has 1 aromatic heterocycles. The van der Waals surface area contributed by atoms with Gasteiger partial charge in [-0.3, -0.25) is 0 Å². The molecular weight excluding hydrogens is 761 g/mol. The number of anilines is 3. The first kappa shape index (κ1) is 35.5. The summed E-state index contributed by atoms with van der Waals surface area (Å²) in [7, 11) is 0. The molecule has 1 aliphatic carbocycles. The zero-order valence-corrected chi connectivity index (χ0v) is 34.5. The highest BCUT2D eigenvalue weighted by molar-refractivity contribution is 6.13. The van der Waals surface area contributed by atoms with Crippen molar-refractivity contribution in [3.8, 4) is 50.2 Å². The third-order valence-corrected chi connectivity index (χ3v) is 13.6. The van der Waals surface area contributed by atoms with E-state index in [-0.39, 0.29) is 0 Å². The number of nitrogens with zero attached hydrogens (tertiary/aromatic N) is 2. The number of para-hydroxylation sites is 4. The Morgan fingerprint density at radius 3 is 1.59 bits per heavy atom. The summed E-state index contributed by atoms with van der Waals surface area (Å²) in [6, 6.07) is 89.6. The highest BCUT2D eigenvalue weighted by Crippen LogP contribution is 2.63. The monoisotopic (exact) mass is 800 g/mol. The maximum Gasteiger partial charge on any atom is 0.0755 e. The topological polar surface area (TPSA) is 8.17 Å². The second-order valence-corrected chi connectivity index (χ2v) is 16.8. The highest BCUT2D eigenvalue weighted by atomic mass is 15.1. The maximum atomic E-state index is 2.52. The lowest BCUT2D eigenvalue weighted by Gasteiger charge is -2.39. The molecule has 1 unspecified atom stereocenters.